The summed E-state index contributed by atoms with van der Waals surface area (Å²) in [5.41, 5.74) is -0.439. The number of nitrogens with zero attached hydrogens (tertiary/aromatic N) is 1. The Kier molecular flexibility index (Phi) is 3.71. The second kappa shape index (κ2) is 5.10. The maximum Gasteiger partial charge on any atom is 0.329 e. The van der Waals surface area contributed by atoms with Crippen LogP contribution in [-0.4, -0.2) is 34.5 Å². The smallest absolute Gasteiger partial charge is 0.329 e. The molecule has 1 saturated carbocycles. The van der Waals surface area contributed by atoms with Crippen molar-refractivity contribution in [3.05, 3.63) is 22.4 Å². The number of carboxylic acid groups (broad SMARTS) is 1. The van der Waals surface area contributed by atoms with Gasteiger partial charge in [-0.05, 0) is 24.3 Å². The summed E-state index contributed by atoms with van der Waals surface area (Å²) in [5, 5.41) is 13.1. The van der Waals surface area contributed by atoms with Gasteiger partial charge in [0.05, 0.1) is 5.56 Å². The molecule has 1 amide bonds. The molecule has 0 radical (unpaired) electrons. The first-order chi connectivity index (χ1) is 8.58. The van der Waals surface area contributed by atoms with Gasteiger partial charge in [0.25, 0.3) is 5.91 Å². The monoisotopic (exact) mass is 267 g/mol. The number of hydrogen-bond donors (Lipinski definition) is 1. The van der Waals surface area contributed by atoms with Crippen LogP contribution in [0, 0.1) is 0 Å². The summed E-state index contributed by atoms with van der Waals surface area (Å²) in [5.74, 6) is -1.08. The molecule has 0 aliphatic heterocycles. The van der Waals surface area contributed by atoms with Crippen LogP contribution in [0.15, 0.2) is 16.8 Å². The van der Waals surface area contributed by atoms with Crippen molar-refractivity contribution in [1.82, 2.24) is 4.90 Å². The minimum absolute atomic E-state index is 0.194. The van der Waals surface area contributed by atoms with Crippen molar-refractivity contribution in [2.45, 2.75) is 37.6 Å². The molecule has 0 spiro atoms. The van der Waals surface area contributed by atoms with Gasteiger partial charge in [-0.15, -0.1) is 0 Å². The Bertz CT molecular complexity index is 435. The molecule has 1 fully saturated rings. The van der Waals surface area contributed by atoms with Crippen LogP contribution in [0.5, 0.6) is 0 Å². The molecule has 0 bridgehead atoms. The van der Waals surface area contributed by atoms with Gasteiger partial charge in [-0.3, -0.25) is 4.79 Å². The second-order valence-electron chi connectivity index (χ2n) is 4.77. The molecule has 0 saturated heterocycles. The Hall–Kier alpha value is -1.36. The molecule has 98 valence electrons. The van der Waals surface area contributed by atoms with E-state index in [4.69, 9.17) is 0 Å². The van der Waals surface area contributed by atoms with Crippen molar-refractivity contribution in [2.24, 2.45) is 0 Å². The predicted octanol–water partition coefficient (Wildman–Crippen LogP) is 2.61. The van der Waals surface area contributed by atoms with Crippen LogP contribution in [0.4, 0.5) is 0 Å². The van der Waals surface area contributed by atoms with Crippen LogP contribution in [-0.2, 0) is 4.79 Å². The number of aliphatic carboxylic acids is 1. The summed E-state index contributed by atoms with van der Waals surface area (Å²) in [4.78, 5) is 25.3. The van der Waals surface area contributed by atoms with Crippen molar-refractivity contribution < 1.29 is 14.7 Å². The van der Waals surface area contributed by atoms with E-state index in [-0.39, 0.29) is 5.91 Å². The Balaban J connectivity index is 2.26. The highest BCUT2D eigenvalue weighted by Crippen LogP contribution is 2.34. The van der Waals surface area contributed by atoms with Crippen molar-refractivity contribution in [2.75, 3.05) is 7.05 Å². The van der Waals surface area contributed by atoms with Gasteiger partial charge >= 0.3 is 5.97 Å². The molecule has 0 atom stereocenters. The Labute approximate surface area is 110 Å². The van der Waals surface area contributed by atoms with E-state index >= 15 is 0 Å². The number of amides is 1. The zero-order chi connectivity index (χ0) is 13.2. The van der Waals surface area contributed by atoms with Gasteiger partial charge in [0.2, 0.25) is 0 Å². The normalized spacial score (nSPS) is 18.3. The summed E-state index contributed by atoms with van der Waals surface area (Å²) < 4.78 is 0. The minimum atomic E-state index is -1.02. The highest BCUT2D eigenvalue weighted by atomic mass is 32.1. The molecule has 18 heavy (non-hydrogen) atoms. The van der Waals surface area contributed by atoms with Gasteiger partial charge in [0, 0.05) is 12.4 Å². The number of carbonyl (C=O) groups is 2. The Morgan fingerprint density at radius 1 is 1.33 bits per heavy atom. The lowest BCUT2D eigenvalue weighted by Crippen LogP contribution is -2.56. The van der Waals surface area contributed by atoms with Crippen molar-refractivity contribution in [1.29, 1.82) is 0 Å². The van der Waals surface area contributed by atoms with E-state index in [1.54, 1.807) is 18.5 Å². The second-order valence-corrected chi connectivity index (χ2v) is 5.55. The van der Waals surface area contributed by atoms with Crippen LogP contribution in [0.1, 0.15) is 42.5 Å². The van der Waals surface area contributed by atoms with E-state index in [1.165, 1.54) is 16.2 Å². The summed E-state index contributed by atoms with van der Waals surface area (Å²) in [6.07, 6.45) is 3.89. The number of rotatable bonds is 3. The SMILES string of the molecule is CN(C(=O)c1ccsc1)C1(C(=O)O)CCCCC1. The third-order valence-corrected chi connectivity index (χ3v) is 4.48. The van der Waals surface area contributed by atoms with Crippen molar-refractivity contribution >= 4 is 23.2 Å². The van der Waals surface area contributed by atoms with E-state index in [0.29, 0.717) is 18.4 Å². The lowest BCUT2D eigenvalue weighted by Gasteiger charge is -2.40. The van der Waals surface area contributed by atoms with Crippen LogP contribution in [0.25, 0.3) is 0 Å². The maximum absolute atomic E-state index is 12.3. The van der Waals surface area contributed by atoms with Gasteiger partial charge in [-0.2, -0.15) is 11.3 Å². The molecular formula is C13H17NO3S. The number of carboxylic acids is 1. The number of hydrogen-bond acceptors (Lipinski definition) is 3. The molecule has 1 aliphatic carbocycles. The number of likely N-dealkylation sites (N-methyl/N-ethyl adjacent to an activating group) is 1. The number of thiophene rings is 1. The Morgan fingerprint density at radius 2 is 2.00 bits per heavy atom. The standard InChI is InChI=1S/C13H17NO3S/c1-14(11(15)10-5-8-18-9-10)13(12(16)17)6-3-2-4-7-13/h5,8-9H,2-4,6-7H2,1H3,(H,16,17). The first kappa shape index (κ1) is 13.1. The topological polar surface area (TPSA) is 57.6 Å². The summed E-state index contributed by atoms with van der Waals surface area (Å²) in [6.45, 7) is 0. The van der Waals surface area contributed by atoms with Gasteiger partial charge in [0.15, 0.2) is 0 Å². The molecule has 1 N–H and O–H groups in total. The largest absolute Gasteiger partial charge is 0.479 e. The molecule has 1 heterocycles. The average Bonchev–Trinajstić information content (AvgIpc) is 2.91. The van der Waals surface area contributed by atoms with Crippen molar-refractivity contribution in [3.63, 3.8) is 0 Å². The summed E-state index contributed by atoms with van der Waals surface area (Å²) >= 11 is 1.44. The lowest BCUT2D eigenvalue weighted by molar-refractivity contribution is -0.151. The number of carbonyl (C=O) groups excluding carboxylic acids is 1. The molecule has 4 nitrogen and oxygen atoms in total. The fourth-order valence-electron chi connectivity index (χ4n) is 2.60. The average molecular weight is 267 g/mol. The van der Waals surface area contributed by atoms with Gasteiger partial charge in [0.1, 0.15) is 5.54 Å². The van der Waals surface area contributed by atoms with Crippen LogP contribution in [0.3, 0.4) is 0 Å². The predicted molar refractivity (Wildman–Crippen MR) is 69.9 cm³/mol. The maximum atomic E-state index is 12.3. The fraction of sp³-hybridized carbons (Fsp3) is 0.538. The van der Waals surface area contributed by atoms with E-state index in [0.717, 1.165) is 19.3 Å². The molecule has 1 aromatic heterocycles. The quantitative estimate of drug-likeness (QED) is 0.915. The zero-order valence-electron chi connectivity index (χ0n) is 10.4. The minimum Gasteiger partial charge on any atom is -0.479 e. The molecular weight excluding hydrogens is 250 g/mol. The van der Waals surface area contributed by atoms with Gasteiger partial charge < -0.3 is 10.0 Å². The molecule has 1 aromatic rings. The molecule has 5 heteroatoms. The molecule has 0 aromatic carbocycles. The summed E-state index contributed by atoms with van der Waals surface area (Å²) in [7, 11) is 1.61. The van der Waals surface area contributed by atoms with Gasteiger partial charge in [-0.25, -0.2) is 4.79 Å². The molecule has 1 aliphatic rings. The third kappa shape index (κ3) is 2.14. The van der Waals surface area contributed by atoms with Crippen molar-refractivity contribution in [3.8, 4) is 0 Å². The highest BCUT2D eigenvalue weighted by molar-refractivity contribution is 7.08. The van der Waals surface area contributed by atoms with E-state index in [9.17, 15) is 14.7 Å². The van der Waals surface area contributed by atoms with E-state index in [2.05, 4.69) is 0 Å². The zero-order valence-corrected chi connectivity index (χ0v) is 11.2. The first-order valence-corrected chi connectivity index (χ1v) is 7.06. The van der Waals surface area contributed by atoms with E-state index in [1.807, 2.05) is 5.38 Å². The fourth-order valence-corrected chi connectivity index (χ4v) is 3.23. The van der Waals surface area contributed by atoms with E-state index < -0.39 is 11.5 Å². The van der Waals surface area contributed by atoms with Crippen LogP contribution < -0.4 is 0 Å². The van der Waals surface area contributed by atoms with Crippen LogP contribution >= 0.6 is 11.3 Å². The lowest BCUT2D eigenvalue weighted by atomic mass is 9.80. The third-order valence-electron chi connectivity index (χ3n) is 3.79. The van der Waals surface area contributed by atoms with Crippen LogP contribution in [0.2, 0.25) is 0 Å². The highest BCUT2D eigenvalue weighted by Gasteiger charge is 2.45. The first-order valence-electron chi connectivity index (χ1n) is 6.12. The van der Waals surface area contributed by atoms with Gasteiger partial charge in [-0.1, -0.05) is 19.3 Å². The molecule has 2 rings (SSSR count). The summed E-state index contributed by atoms with van der Waals surface area (Å²) in [6, 6.07) is 1.74. The Morgan fingerprint density at radius 3 is 2.50 bits per heavy atom. The molecule has 0 unspecified atom stereocenters.